The Morgan fingerprint density at radius 3 is 2.62 bits per heavy atom. The van der Waals surface area contributed by atoms with Crippen LogP contribution in [0.2, 0.25) is 0 Å². The SMILES string of the molecule is COc1cc(-c2c(N)n[nH]c2C(C)S(C)(=O)=O)ccc1C. The molecule has 0 fully saturated rings. The number of methoxy groups -OCH3 is 1. The molecule has 0 spiro atoms. The molecule has 1 aromatic carbocycles. The number of hydrogen-bond acceptors (Lipinski definition) is 5. The zero-order chi connectivity index (χ0) is 15.8. The van der Waals surface area contributed by atoms with Gasteiger partial charge in [0.2, 0.25) is 0 Å². The van der Waals surface area contributed by atoms with Crippen LogP contribution in [0.15, 0.2) is 18.2 Å². The minimum absolute atomic E-state index is 0.270. The average molecular weight is 309 g/mol. The summed E-state index contributed by atoms with van der Waals surface area (Å²) >= 11 is 0. The number of sulfone groups is 1. The Labute approximate surface area is 124 Å². The van der Waals surface area contributed by atoms with Gasteiger partial charge in [0.05, 0.1) is 12.8 Å². The van der Waals surface area contributed by atoms with Crippen LogP contribution in [0.4, 0.5) is 5.82 Å². The monoisotopic (exact) mass is 309 g/mol. The first-order valence-corrected chi connectivity index (χ1v) is 8.38. The second-order valence-electron chi connectivity index (χ2n) is 5.05. The highest BCUT2D eigenvalue weighted by molar-refractivity contribution is 7.90. The molecule has 2 rings (SSSR count). The van der Waals surface area contributed by atoms with Crippen molar-refractivity contribution in [3.8, 4) is 16.9 Å². The number of rotatable bonds is 4. The molecule has 1 atom stereocenters. The van der Waals surface area contributed by atoms with Crippen LogP contribution in [-0.2, 0) is 9.84 Å². The zero-order valence-electron chi connectivity index (χ0n) is 12.5. The maximum absolute atomic E-state index is 11.8. The van der Waals surface area contributed by atoms with Crippen LogP contribution in [0.1, 0.15) is 23.4 Å². The highest BCUT2D eigenvalue weighted by Gasteiger charge is 2.25. The van der Waals surface area contributed by atoms with E-state index in [0.29, 0.717) is 17.0 Å². The fourth-order valence-corrected chi connectivity index (χ4v) is 2.76. The van der Waals surface area contributed by atoms with E-state index < -0.39 is 15.1 Å². The molecule has 0 aliphatic heterocycles. The van der Waals surface area contributed by atoms with Gasteiger partial charge in [0.15, 0.2) is 15.7 Å². The van der Waals surface area contributed by atoms with Gasteiger partial charge in [-0.1, -0.05) is 12.1 Å². The molecule has 3 N–H and O–H groups in total. The highest BCUT2D eigenvalue weighted by Crippen LogP contribution is 2.36. The quantitative estimate of drug-likeness (QED) is 0.901. The number of aromatic nitrogens is 2. The molecule has 6 nitrogen and oxygen atoms in total. The summed E-state index contributed by atoms with van der Waals surface area (Å²) in [4.78, 5) is 0. The number of nitrogen functional groups attached to an aromatic ring is 1. The smallest absolute Gasteiger partial charge is 0.155 e. The fraction of sp³-hybridized carbons (Fsp3) is 0.357. The molecule has 1 heterocycles. The topological polar surface area (TPSA) is 98.1 Å². The van der Waals surface area contributed by atoms with Gasteiger partial charge in [-0.05, 0) is 31.0 Å². The predicted molar refractivity (Wildman–Crippen MR) is 83.0 cm³/mol. The van der Waals surface area contributed by atoms with E-state index >= 15 is 0 Å². The first-order valence-electron chi connectivity index (χ1n) is 6.43. The van der Waals surface area contributed by atoms with Crippen LogP contribution >= 0.6 is 0 Å². The summed E-state index contributed by atoms with van der Waals surface area (Å²) in [6.45, 7) is 3.54. The van der Waals surface area contributed by atoms with Crippen molar-refractivity contribution in [1.82, 2.24) is 10.2 Å². The summed E-state index contributed by atoms with van der Waals surface area (Å²) in [6.07, 6.45) is 1.19. The van der Waals surface area contributed by atoms with E-state index in [2.05, 4.69) is 10.2 Å². The lowest BCUT2D eigenvalue weighted by atomic mass is 10.0. The first kappa shape index (κ1) is 15.4. The first-order chi connectivity index (χ1) is 9.75. The number of nitrogens with one attached hydrogen (secondary N) is 1. The number of anilines is 1. The van der Waals surface area contributed by atoms with Crippen molar-refractivity contribution < 1.29 is 13.2 Å². The second kappa shape index (κ2) is 5.40. The van der Waals surface area contributed by atoms with Gasteiger partial charge >= 0.3 is 0 Å². The van der Waals surface area contributed by atoms with E-state index in [1.54, 1.807) is 14.0 Å². The van der Waals surface area contributed by atoms with Crippen molar-refractivity contribution in [2.24, 2.45) is 0 Å². The Morgan fingerprint density at radius 2 is 2.05 bits per heavy atom. The van der Waals surface area contributed by atoms with E-state index in [1.807, 2.05) is 25.1 Å². The molecular weight excluding hydrogens is 290 g/mol. The van der Waals surface area contributed by atoms with E-state index in [9.17, 15) is 8.42 Å². The van der Waals surface area contributed by atoms with E-state index in [-0.39, 0.29) is 5.82 Å². The number of nitrogens with two attached hydrogens (primary N) is 1. The third-order valence-corrected chi connectivity index (χ3v) is 5.09. The summed E-state index contributed by atoms with van der Waals surface area (Å²) in [7, 11) is -1.67. The van der Waals surface area contributed by atoms with E-state index in [1.165, 1.54) is 6.26 Å². The lowest BCUT2D eigenvalue weighted by Gasteiger charge is -2.12. The standard InChI is InChI=1S/C14H19N3O3S/c1-8-5-6-10(7-11(8)20-3)12-13(16-17-14(12)15)9(2)21(4,18)19/h5-7,9H,1-4H3,(H3,15,16,17). The van der Waals surface area contributed by atoms with Gasteiger partial charge in [0.1, 0.15) is 11.0 Å². The Bertz CT molecular complexity index is 766. The molecule has 0 aliphatic rings. The van der Waals surface area contributed by atoms with E-state index in [4.69, 9.17) is 10.5 Å². The van der Waals surface area contributed by atoms with Gasteiger partial charge in [0, 0.05) is 11.8 Å². The number of aromatic amines is 1. The second-order valence-corrected chi connectivity index (χ2v) is 7.42. The largest absolute Gasteiger partial charge is 0.496 e. The molecule has 2 aromatic rings. The zero-order valence-corrected chi connectivity index (χ0v) is 13.3. The molecule has 0 amide bonds. The Kier molecular flexibility index (Phi) is 3.95. The van der Waals surface area contributed by atoms with Gasteiger partial charge in [-0.2, -0.15) is 5.10 Å². The molecule has 0 aliphatic carbocycles. The van der Waals surface area contributed by atoms with Gasteiger partial charge in [-0.3, -0.25) is 5.10 Å². The number of benzene rings is 1. The highest BCUT2D eigenvalue weighted by atomic mass is 32.2. The Balaban J connectivity index is 2.62. The van der Waals surface area contributed by atoms with Crippen LogP contribution in [0, 0.1) is 6.92 Å². The Hall–Kier alpha value is -2.02. The molecule has 0 bridgehead atoms. The lowest BCUT2D eigenvalue weighted by Crippen LogP contribution is -2.09. The molecule has 0 saturated carbocycles. The van der Waals surface area contributed by atoms with Crippen LogP contribution in [0.25, 0.3) is 11.1 Å². The molecular formula is C14H19N3O3S. The third kappa shape index (κ3) is 2.87. The third-order valence-electron chi connectivity index (χ3n) is 3.57. The number of nitrogens with zero attached hydrogens (tertiary/aromatic N) is 1. The summed E-state index contributed by atoms with van der Waals surface area (Å²) in [5, 5.41) is 5.97. The van der Waals surface area contributed by atoms with Gasteiger partial charge in [0.25, 0.3) is 0 Å². The van der Waals surface area contributed by atoms with Crippen molar-refractivity contribution in [2.75, 3.05) is 19.1 Å². The van der Waals surface area contributed by atoms with Crippen molar-refractivity contribution in [1.29, 1.82) is 0 Å². The van der Waals surface area contributed by atoms with Crippen LogP contribution in [0.3, 0.4) is 0 Å². The van der Waals surface area contributed by atoms with Crippen molar-refractivity contribution in [3.63, 3.8) is 0 Å². The van der Waals surface area contributed by atoms with Crippen LogP contribution in [0.5, 0.6) is 5.75 Å². The maximum Gasteiger partial charge on any atom is 0.155 e. The van der Waals surface area contributed by atoms with Crippen LogP contribution in [-0.4, -0.2) is 32.0 Å². The fourth-order valence-electron chi connectivity index (χ4n) is 2.16. The molecule has 1 unspecified atom stereocenters. The van der Waals surface area contributed by atoms with Crippen molar-refractivity contribution in [3.05, 3.63) is 29.5 Å². The number of ether oxygens (including phenoxy) is 1. The minimum Gasteiger partial charge on any atom is -0.496 e. The molecule has 0 radical (unpaired) electrons. The summed E-state index contributed by atoms with van der Waals surface area (Å²) in [5.74, 6) is 0.984. The molecule has 114 valence electrons. The molecule has 0 saturated heterocycles. The minimum atomic E-state index is -3.25. The predicted octanol–water partition coefficient (Wildman–Crippen LogP) is 2.08. The van der Waals surface area contributed by atoms with Crippen molar-refractivity contribution >= 4 is 15.7 Å². The molecule has 1 aromatic heterocycles. The summed E-state index contributed by atoms with van der Waals surface area (Å²) < 4.78 is 28.9. The number of hydrogen-bond donors (Lipinski definition) is 2. The van der Waals surface area contributed by atoms with Gasteiger partial charge in [-0.25, -0.2) is 8.42 Å². The van der Waals surface area contributed by atoms with Gasteiger partial charge < -0.3 is 10.5 Å². The average Bonchev–Trinajstić information content (AvgIpc) is 2.79. The molecule has 7 heteroatoms. The van der Waals surface area contributed by atoms with Gasteiger partial charge in [-0.15, -0.1) is 0 Å². The van der Waals surface area contributed by atoms with Crippen molar-refractivity contribution in [2.45, 2.75) is 19.1 Å². The maximum atomic E-state index is 11.8. The summed E-state index contributed by atoms with van der Waals surface area (Å²) in [5.41, 5.74) is 8.76. The Morgan fingerprint density at radius 1 is 1.38 bits per heavy atom. The normalized spacial score (nSPS) is 13.1. The molecule has 21 heavy (non-hydrogen) atoms. The van der Waals surface area contributed by atoms with E-state index in [0.717, 1.165) is 11.1 Å². The lowest BCUT2D eigenvalue weighted by molar-refractivity contribution is 0.412. The summed E-state index contributed by atoms with van der Waals surface area (Å²) in [6, 6.07) is 5.60. The number of H-pyrrole nitrogens is 1. The van der Waals surface area contributed by atoms with Crippen LogP contribution < -0.4 is 10.5 Å². The number of aryl methyl sites for hydroxylation is 1.